The van der Waals surface area contributed by atoms with Crippen LogP contribution in [0, 0.1) is 0 Å². The monoisotopic (exact) mass is 1100 g/mol. The minimum absolute atomic E-state index is 0.0247. The van der Waals surface area contributed by atoms with Gasteiger partial charge in [-0.25, -0.2) is 4.79 Å². The van der Waals surface area contributed by atoms with Gasteiger partial charge in [0.25, 0.3) is 0 Å². The second-order valence-electron chi connectivity index (χ2n) is 19.5. The predicted octanol–water partition coefficient (Wildman–Crippen LogP) is 15.6. The highest BCUT2D eigenvalue weighted by atomic mass is 16.7. The highest BCUT2D eigenvalue weighted by Gasteiger charge is 2.50. The molecule has 3 N–H and O–H groups in total. The molecule has 442 valence electrons. The second-order valence-corrected chi connectivity index (χ2v) is 19.5. The van der Waals surface area contributed by atoms with Crippen molar-refractivity contribution in [3.05, 3.63) is 146 Å². The van der Waals surface area contributed by atoms with Gasteiger partial charge in [0.15, 0.2) is 24.6 Å². The molecule has 6 atom stereocenters. The molecule has 0 aliphatic carbocycles. The van der Waals surface area contributed by atoms with Gasteiger partial charge in [0.1, 0.15) is 18.8 Å². The number of allylic oxidation sites excluding steroid dienone is 23. The number of unbranched alkanes of at least 4 members (excludes halogenated alkanes) is 11. The lowest BCUT2D eigenvalue weighted by Gasteiger charge is -2.40. The summed E-state index contributed by atoms with van der Waals surface area (Å²) in [7, 11) is 0. The van der Waals surface area contributed by atoms with Crippen LogP contribution in [-0.2, 0) is 42.9 Å². The third-order valence-corrected chi connectivity index (χ3v) is 12.4. The van der Waals surface area contributed by atoms with E-state index in [1.807, 2.05) is 12.2 Å². The summed E-state index contributed by atoms with van der Waals surface area (Å²) in [6, 6.07) is 0. The van der Waals surface area contributed by atoms with Crippen LogP contribution in [0.25, 0.3) is 0 Å². The zero-order valence-corrected chi connectivity index (χ0v) is 48.5. The Balaban J connectivity index is 2.76. The SMILES string of the molecule is CC/C=C\C/C=C\C/C=C\C/C=C\C/C=C\CC(=O)OCC(COC1OC(C(=O)O)C(O)C(O)C1OC(=O)CCCCCCCC/C=C\C/C=C\C/C=C\C/C=C\CC)OC(=O)CCCCCCC/C=C\C/C=C\C/C=C\CC. The molecule has 0 radical (unpaired) electrons. The van der Waals surface area contributed by atoms with Gasteiger partial charge in [-0.15, -0.1) is 0 Å². The smallest absolute Gasteiger partial charge is 0.335 e. The average Bonchev–Trinajstić information content (AvgIpc) is 3.46. The van der Waals surface area contributed by atoms with Crippen molar-refractivity contribution in [3.8, 4) is 0 Å². The van der Waals surface area contributed by atoms with Gasteiger partial charge in [0.2, 0.25) is 0 Å². The zero-order chi connectivity index (χ0) is 57.5. The lowest BCUT2D eigenvalue weighted by molar-refractivity contribution is -0.301. The third-order valence-electron chi connectivity index (χ3n) is 12.4. The molecule has 1 heterocycles. The van der Waals surface area contributed by atoms with E-state index in [1.165, 1.54) is 0 Å². The number of carboxylic acid groups (broad SMARTS) is 1. The lowest BCUT2D eigenvalue weighted by atomic mass is 9.98. The number of aliphatic carboxylic acids is 1. The van der Waals surface area contributed by atoms with Crippen LogP contribution in [-0.4, -0.2) is 89.2 Å². The predicted molar refractivity (Wildman–Crippen MR) is 321 cm³/mol. The molecule has 1 fully saturated rings. The molecule has 0 amide bonds. The van der Waals surface area contributed by atoms with Gasteiger partial charge < -0.3 is 39.0 Å². The molecule has 1 rings (SSSR count). The fourth-order valence-corrected chi connectivity index (χ4v) is 7.97. The summed E-state index contributed by atoms with van der Waals surface area (Å²) in [4.78, 5) is 51.1. The van der Waals surface area contributed by atoms with Crippen LogP contribution in [0.2, 0.25) is 0 Å². The molecule has 6 unspecified atom stereocenters. The fourth-order valence-electron chi connectivity index (χ4n) is 7.97. The average molecular weight is 1100 g/mol. The Bertz CT molecular complexity index is 1930. The summed E-state index contributed by atoms with van der Waals surface area (Å²) in [5, 5.41) is 31.5. The molecule has 0 aromatic heterocycles. The first-order valence-electron chi connectivity index (χ1n) is 29.8. The summed E-state index contributed by atoms with van der Waals surface area (Å²) in [6.45, 7) is 5.53. The van der Waals surface area contributed by atoms with Crippen molar-refractivity contribution in [1.82, 2.24) is 0 Å². The van der Waals surface area contributed by atoms with Crippen molar-refractivity contribution in [2.24, 2.45) is 0 Å². The van der Waals surface area contributed by atoms with E-state index < -0.39 is 67.3 Å². The lowest BCUT2D eigenvalue weighted by Crippen LogP contribution is -2.61. The van der Waals surface area contributed by atoms with Crippen LogP contribution >= 0.6 is 0 Å². The normalized spacial score (nSPS) is 18.9. The third kappa shape index (κ3) is 43.1. The molecule has 0 saturated carbocycles. The van der Waals surface area contributed by atoms with E-state index in [9.17, 15) is 34.5 Å². The topological polar surface area (TPSA) is 175 Å². The van der Waals surface area contributed by atoms with Crippen LogP contribution in [0.3, 0.4) is 0 Å². The van der Waals surface area contributed by atoms with Crippen molar-refractivity contribution >= 4 is 23.9 Å². The maximum Gasteiger partial charge on any atom is 0.335 e. The van der Waals surface area contributed by atoms with Gasteiger partial charge in [-0.05, 0) is 116 Å². The van der Waals surface area contributed by atoms with Crippen LogP contribution in [0.15, 0.2) is 146 Å². The van der Waals surface area contributed by atoms with E-state index in [2.05, 4.69) is 148 Å². The number of carbonyl (C=O) groups is 4. The van der Waals surface area contributed by atoms with Crippen molar-refractivity contribution in [1.29, 1.82) is 0 Å². The molecular weight excluding hydrogens is 997 g/mol. The van der Waals surface area contributed by atoms with Crippen LogP contribution in [0.5, 0.6) is 0 Å². The summed E-state index contributed by atoms with van der Waals surface area (Å²) in [6.07, 6.45) is 64.1. The van der Waals surface area contributed by atoms with Crippen LogP contribution in [0.1, 0.15) is 201 Å². The number of aliphatic hydroxyl groups is 2. The Kier molecular flexibility index (Phi) is 48.3. The molecule has 0 spiro atoms. The van der Waals surface area contributed by atoms with E-state index in [1.54, 1.807) is 6.08 Å². The molecule has 1 aliphatic heterocycles. The van der Waals surface area contributed by atoms with Crippen molar-refractivity contribution in [2.45, 2.75) is 237 Å². The Morgan fingerprint density at radius 2 is 0.797 bits per heavy atom. The largest absolute Gasteiger partial charge is 0.479 e. The first-order chi connectivity index (χ1) is 38.6. The van der Waals surface area contributed by atoms with Crippen molar-refractivity contribution in [2.75, 3.05) is 13.2 Å². The summed E-state index contributed by atoms with van der Waals surface area (Å²) >= 11 is 0. The quantitative estimate of drug-likeness (QED) is 0.0228. The van der Waals surface area contributed by atoms with Crippen LogP contribution < -0.4 is 0 Å². The van der Waals surface area contributed by atoms with Gasteiger partial charge in [0, 0.05) is 12.8 Å². The molecule has 0 aromatic carbocycles. The summed E-state index contributed by atoms with van der Waals surface area (Å²) in [5.74, 6) is -3.35. The molecule has 1 aliphatic rings. The Morgan fingerprint density at radius 1 is 0.430 bits per heavy atom. The van der Waals surface area contributed by atoms with Crippen LogP contribution in [0.4, 0.5) is 0 Å². The number of carboxylic acids is 1. The van der Waals surface area contributed by atoms with E-state index in [4.69, 9.17) is 23.7 Å². The Labute approximate surface area is 476 Å². The maximum absolute atomic E-state index is 13.1. The van der Waals surface area contributed by atoms with Gasteiger partial charge in [-0.1, -0.05) is 212 Å². The molecule has 1 saturated heterocycles. The minimum atomic E-state index is -1.93. The summed E-state index contributed by atoms with van der Waals surface area (Å²) in [5.41, 5.74) is 0. The Hall–Kier alpha value is -5.40. The minimum Gasteiger partial charge on any atom is -0.479 e. The highest BCUT2D eigenvalue weighted by Crippen LogP contribution is 2.26. The molecule has 0 bridgehead atoms. The van der Waals surface area contributed by atoms with E-state index in [-0.39, 0.29) is 25.9 Å². The second kappa shape index (κ2) is 53.3. The summed E-state index contributed by atoms with van der Waals surface area (Å²) < 4.78 is 28.3. The standard InChI is InChI=1S/C67H102O12/c1-4-7-10-13-16-19-22-25-28-29-30-31-34-37-40-43-46-49-52-55-61(70)78-65-63(72)62(71)64(66(73)74)79-67(65)76-57-58(77-60(69)54-51-48-45-42-39-36-33-27-24-21-18-15-12-9-6-3)56-75-59(68)53-50-47-44-41-38-35-32-26-23-20-17-14-11-8-5-2/h7-12,16-21,25-28,30-33,38,41,47,50,58,62-65,67,71-72H,4-6,13-15,22-24,29,34-37,39-40,42-46,48-49,51-57H2,1-3H3,(H,73,74)/b10-7-,11-8-,12-9-,19-16-,20-17-,21-18-,28-25-,31-30-,32-26-,33-27-,41-38-,50-47-. The Morgan fingerprint density at radius 3 is 1.22 bits per heavy atom. The molecule has 79 heavy (non-hydrogen) atoms. The van der Waals surface area contributed by atoms with Gasteiger partial charge >= 0.3 is 23.9 Å². The number of aliphatic hydroxyl groups excluding tert-OH is 2. The molecule has 0 aromatic rings. The van der Waals surface area contributed by atoms with E-state index in [0.29, 0.717) is 19.3 Å². The molecular formula is C67H102O12. The zero-order valence-electron chi connectivity index (χ0n) is 48.5. The fraction of sp³-hybridized carbons (Fsp3) is 0.582. The van der Waals surface area contributed by atoms with E-state index in [0.717, 1.165) is 141 Å². The van der Waals surface area contributed by atoms with Crippen molar-refractivity contribution < 1.29 is 58.2 Å². The number of rotatable bonds is 48. The van der Waals surface area contributed by atoms with E-state index >= 15 is 0 Å². The number of hydrogen-bond acceptors (Lipinski definition) is 11. The van der Waals surface area contributed by atoms with Gasteiger partial charge in [0.05, 0.1) is 13.0 Å². The van der Waals surface area contributed by atoms with Gasteiger partial charge in [-0.2, -0.15) is 0 Å². The van der Waals surface area contributed by atoms with Gasteiger partial charge in [-0.3, -0.25) is 14.4 Å². The molecule has 12 heteroatoms. The number of hydrogen-bond donors (Lipinski definition) is 3. The maximum atomic E-state index is 13.1. The highest BCUT2D eigenvalue weighted by molar-refractivity contribution is 5.74. The first-order valence-corrected chi connectivity index (χ1v) is 29.8. The number of esters is 3. The molecule has 12 nitrogen and oxygen atoms in total. The number of carbonyl (C=O) groups excluding carboxylic acids is 3. The first kappa shape index (κ1) is 71.6. The van der Waals surface area contributed by atoms with Crippen molar-refractivity contribution in [3.63, 3.8) is 0 Å². The number of ether oxygens (including phenoxy) is 5.